The van der Waals surface area contributed by atoms with E-state index in [2.05, 4.69) is 6.92 Å². The predicted molar refractivity (Wildman–Crippen MR) is 96.6 cm³/mol. The summed E-state index contributed by atoms with van der Waals surface area (Å²) in [5.41, 5.74) is -0.489. The zero-order valence-electron chi connectivity index (χ0n) is 14.8. The maximum atomic E-state index is 14.0. The normalized spacial score (nSPS) is 12.9. The number of benzene rings is 2. The van der Waals surface area contributed by atoms with Gasteiger partial charge in [0.2, 0.25) is 0 Å². The molecule has 0 heterocycles. The fraction of sp³-hybridized carbons (Fsp3) is 0.400. The highest BCUT2D eigenvalue weighted by atomic mass is 35.5. The Morgan fingerprint density at radius 2 is 1.74 bits per heavy atom. The number of alkyl halides is 3. The number of unbranched alkanes of at least 4 members (excludes halogenated alkanes) is 3. The maximum Gasteiger partial charge on any atom is 0.416 e. The summed E-state index contributed by atoms with van der Waals surface area (Å²) >= 11 is 5.75. The third-order valence-corrected chi connectivity index (χ3v) is 4.42. The number of hydrogen-bond donors (Lipinski definition) is 1. The van der Waals surface area contributed by atoms with Gasteiger partial charge in [-0.15, -0.1) is 0 Å². The molecule has 0 amide bonds. The highest BCUT2D eigenvalue weighted by Crippen LogP contribution is 2.38. The minimum absolute atomic E-state index is 0.206. The van der Waals surface area contributed by atoms with Crippen LogP contribution in [0.25, 0.3) is 0 Å². The van der Waals surface area contributed by atoms with E-state index in [4.69, 9.17) is 16.3 Å². The maximum absolute atomic E-state index is 14.0. The van der Waals surface area contributed by atoms with Crippen molar-refractivity contribution in [3.63, 3.8) is 0 Å². The Labute approximate surface area is 160 Å². The van der Waals surface area contributed by atoms with Crippen LogP contribution in [-0.2, 0) is 6.18 Å². The molecular formula is C20H21ClF4O2. The smallest absolute Gasteiger partial charge is 0.416 e. The Morgan fingerprint density at radius 3 is 2.30 bits per heavy atom. The van der Waals surface area contributed by atoms with Crippen molar-refractivity contribution >= 4 is 11.6 Å². The molecule has 2 aromatic carbocycles. The van der Waals surface area contributed by atoms with E-state index in [1.807, 2.05) is 0 Å². The van der Waals surface area contributed by atoms with E-state index < -0.39 is 34.4 Å². The van der Waals surface area contributed by atoms with Crippen molar-refractivity contribution in [2.75, 3.05) is 0 Å². The number of aliphatic hydroxyl groups excluding tert-OH is 1. The van der Waals surface area contributed by atoms with E-state index in [-0.39, 0.29) is 5.75 Å². The molecule has 148 valence electrons. The van der Waals surface area contributed by atoms with Gasteiger partial charge in [-0.3, -0.25) is 0 Å². The van der Waals surface area contributed by atoms with Crippen LogP contribution >= 0.6 is 11.6 Å². The summed E-state index contributed by atoms with van der Waals surface area (Å²) in [6.07, 6.45) is -0.454. The molecule has 0 aliphatic carbocycles. The molecule has 0 fully saturated rings. The quantitative estimate of drug-likeness (QED) is 0.369. The van der Waals surface area contributed by atoms with Crippen LogP contribution in [0.1, 0.15) is 56.3 Å². The third kappa shape index (κ3) is 6.11. The second-order valence-corrected chi connectivity index (χ2v) is 6.71. The highest BCUT2D eigenvalue weighted by Gasteiger charge is 2.32. The van der Waals surface area contributed by atoms with Gasteiger partial charge in [0.15, 0.2) is 11.6 Å². The van der Waals surface area contributed by atoms with Crippen LogP contribution in [0.3, 0.4) is 0 Å². The van der Waals surface area contributed by atoms with Gasteiger partial charge in [0.25, 0.3) is 0 Å². The van der Waals surface area contributed by atoms with Crippen molar-refractivity contribution in [2.45, 2.75) is 51.3 Å². The van der Waals surface area contributed by atoms with Crippen molar-refractivity contribution in [2.24, 2.45) is 0 Å². The van der Waals surface area contributed by atoms with Crippen LogP contribution in [-0.4, -0.2) is 5.11 Å². The summed E-state index contributed by atoms with van der Waals surface area (Å²) in [5.74, 6) is -1.47. The van der Waals surface area contributed by atoms with Gasteiger partial charge >= 0.3 is 6.18 Å². The lowest BCUT2D eigenvalue weighted by molar-refractivity contribution is -0.137. The van der Waals surface area contributed by atoms with Crippen LogP contribution in [0.5, 0.6) is 11.5 Å². The predicted octanol–water partition coefficient (Wildman–Crippen LogP) is 7.29. The van der Waals surface area contributed by atoms with Crippen molar-refractivity contribution in [3.8, 4) is 11.5 Å². The summed E-state index contributed by atoms with van der Waals surface area (Å²) in [6, 6.07) is 7.26. The zero-order valence-corrected chi connectivity index (χ0v) is 15.6. The molecule has 1 unspecified atom stereocenters. The number of halogens is 5. The summed E-state index contributed by atoms with van der Waals surface area (Å²) in [5, 5.41) is 9.70. The first-order valence-corrected chi connectivity index (χ1v) is 9.12. The second kappa shape index (κ2) is 9.42. The minimum Gasteiger partial charge on any atom is -0.453 e. The zero-order chi connectivity index (χ0) is 20.0. The first-order chi connectivity index (χ1) is 12.7. The average Bonchev–Trinajstić information content (AvgIpc) is 2.61. The molecule has 27 heavy (non-hydrogen) atoms. The molecule has 0 aliphatic rings. The molecule has 1 N–H and O–H groups in total. The SMILES string of the molecule is CCCCCCC(O)c1ccc(Oc2c(F)cc(C(F)(F)F)cc2Cl)cc1. The largest absolute Gasteiger partial charge is 0.453 e. The van der Waals surface area contributed by atoms with Gasteiger partial charge in [-0.25, -0.2) is 4.39 Å². The Bertz CT molecular complexity index is 722. The molecule has 0 radical (unpaired) electrons. The first-order valence-electron chi connectivity index (χ1n) is 8.74. The molecule has 0 saturated carbocycles. The van der Waals surface area contributed by atoms with Gasteiger partial charge in [0.05, 0.1) is 16.7 Å². The molecule has 0 saturated heterocycles. The lowest BCUT2D eigenvalue weighted by Crippen LogP contribution is -2.06. The van der Waals surface area contributed by atoms with Gasteiger partial charge in [-0.1, -0.05) is 56.3 Å². The van der Waals surface area contributed by atoms with Crippen LogP contribution < -0.4 is 4.74 Å². The molecule has 2 aromatic rings. The van der Waals surface area contributed by atoms with E-state index >= 15 is 0 Å². The van der Waals surface area contributed by atoms with Crippen molar-refractivity contribution in [3.05, 3.63) is 58.4 Å². The number of aliphatic hydroxyl groups is 1. The Morgan fingerprint density at radius 1 is 1.07 bits per heavy atom. The van der Waals surface area contributed by atoms with Gasteiger partial charge in [0.1, 0.15) is 5.75 Å². The summed E-state index contributed by atoms with van der Waals surface area (Å²) in [4.78, 5) is 0. The van der Waals surface area contributed by atoms with Crippen molar-refractivity contribution in [1.29, 1.82) is 0 Å². The fourth-order valence-electron chi connectivity index (χ4n) is 2.63. The summed E-state index contributed by atoms with van der Waals surface area (Å²) < 4.78 is 57.3. The highest BCUT2D eigenvalue weighted by molar-refractivity contribution is 6.32. The fourth-order valence-corrected chi connectivity index (χ4v) is 2.87. The lowest BCUT2D eigenvalue weighted by Gasteiger charge is -2.14. The second-order valence-electron chi connectivity index (χ2n) is 6.30. The monoisotopic (exact) mass is 404 g/mol. The van der Waals surface area contributed by atoms with E-state index in [9.17, 15) is 22.7 Å². The molecule has 7 heteroatoms. The molecule has 2 nitrogen and oxygen atoms in total. The summed E-state index contributed by atoms with van der Waals surface area (Å²) in [7, 11) is 0. The standard InChI is InChI=1S/C20H21ClF4O2/c1-2-3-4-5-6-18(26)13-7-9-15(10-8-13)27-19-16(21)11-14(12-17(19)22)20(23,24)25/h7-12,18,26H,2-6H2,1H3. The third-order valence-electron chi connectivity index (χ3n) is 4.14. The van der Waals surface area contributed by atoms with E-state index in [1.54, 1.807) is 12.1 Å². The molecule has 2 rings (SSSR count). The summed E-state index contributed by atoms with van der Waals surface area (Å²) in [6.45, 7) is 2.11. The minimum atomic E-state index is -4.70. The Kier molecular flexibility index (Phi) is 7.50. The van der Waals surface area contributed by atoms with E-state index in [0.29, 0.717) is 24.1 Å². The van der Waals surface area contributed by atoms with Gasteiger partial charge in [-0.2, -0.15) is 13.2 Å². The van der Waals surface area contributed by atoms with Gasteiger partial charge in [-0.05, 0) is 36.2 Å². The molecule has 0 aliphatic heterocycles. The van der Waals surface area contributed by atoms with E-state index in [0.717, 1.165) is 25.7 Å². The molecule has 0 bridgehead atoms. The van der Waals surface area contributed by atoms with Gasteiger partial charge in [0, 0.05) is 0 Å². The van der Waals surface area contributed by atoms with Crippen LogP contribution in [0.2, 0.25) is 5.02 Å². The van der Waals surface area contributed by atoms with Crippen LogP contribution in [0.4, 0.5) is 17.6 Å². The molecular weight excluding hydrogens is 384 g/mol. The lowest BCUT2D eigenvalue weighted by atomic mass is 10.0. The van der Waals surface area contributed by atoms with E-state index in [1.165, 1.54) is 12.1 Å². The van der Waals surface area contributed by atoms with Crippen molar-refractivity contribution in [1.82, 2.24) is 0 Å². The average molecular weight is 405 g/mol. The first kappa shape index (κ1) is 21.5. The molecule has 1 atom stereocenters. The number of hydrogen-bond acceptors (Lipinski definition) is 2. The number of ether oxygens (including phenoxy) is 1. The topological polar surface area (TPSA) is 29.5 Å². The van der Waals surface area contributed by atoms with Gasteiger partial charge < -0.3 is 9.84 Å². The molecule has 0 spiro atoms. The Hall–Kier alpha value is -1.79. The molecule has 0 aromatic heterocycles. The van der Waals surface area contributed by atoms with Crippen LogP contribution in [0, 0.1) is 5.82 Å². The van der Waals surface area contributed by atoms with Crippen molar-refractivity contribution < 1.29 is 27.4 Å². The number of rotatable bonds is 8. The Balaban J connectivity index is 2.06. The van der Waals surface area contributed by atoms with Crippen LogP contribution in [0.15, 0.2) is 36.4 Å².